The van der Waals surface area contributed by atoms with E-state index in [9.17, 15) is 4.79 Å². The van der Waals surface area contributed by atoms with Gasteiger partial charge in [-0.25, -0.2) is 0 Å². The zero-order chi connectivity index (χ0) is 15.7. The number of nitrogens with one attached hydrogen (secondary N) is 2. The van der Waals surface area contributed by atoms with E-state index in [-0.39, 0.29) is 5.91 Å². The van der Waals surface area contributed by atoms with E-state index in [1.165, 1.54) is 0 Å². The molecule has 0 radical (unpaired) electrons. The highest BCUT2D eigenvalue weighted by Gasteiger charge is 2.40. The molecule has 0 atom stereocenters. The average molecular weight is 288 g/mol. The summed E-state index contributed by atoms with van der Waals surface area (Å²) in [7, 11) is 0. The van der Waals surface area contributed by atoms with Gasteiger partial charge in [-0.15, -0.1) is 10.2 Å². The molecule has 0 saturated heterocycles. The van der Waals surface area contributed by atoms with Crippen molar-refractivity contribution in [1.29, 1.82) is 0 Å². The van der Waals surface area contributed by atoms with E-state index in [0.29, 0.717) is 11.5 Å². The molecule has 4 N–H and O–H groups in total. The largest absolute Gasteiger partial charge is 0.326 e. The number of H-pyrrole nitrogens is 1. The molecule has 0 saturated carbocycles. The standard InChI is InChI=1S/C14H20N6O/c1-13(2,14(3,4)15)12(21)16-10-7-5-6-9(8-10)11-17-19-20-18-11/h5-8H,15H2,1-4H3,(H,16,21)(H,17,18,19,20). The molecule has 1 heterocycles. The maximum absolute atomic E-state index is 12.4. The summed E-state index contributed by atoms with van der Waals surface area (Å²) in [6, 6.07) is 7.27. The van der Waals surface area contributed by atoms with E-state index in [0.717, 1.165) is 5.56 Å². The molecule has 0 spiro atoms. The monoisotopic (exact) mass is 288 g/mol. The van der Waals surface area contributed by atoms with Crippen molar-refractivity contribution in [3.63, 3.8) is 0 Å². The maximum Gasteiger partial charge on any atom is 0.231 e. The molecule has 2 aromatic rings. The van der Waals surface area contributed by atoms with Crippen LogP contribution in [0.5, 0.6) is 0 Å². The fraction of sp³-hybridized carbons (Fsp3) is 0.429. The fourth-order valence-corrected chi connectivity index (χ4v) is 1.60. The van der Waals surface area contributed by atoms with Crippen LogP contribution in [0.2, 0.25) is 0 Å². The first-order chi connectivity index (χ1) is 9.72. The van der Waals surface area contributed by atoms with Crippen molar-refractivity contribution in [2.75, 3.05) is 5.32 Å². The van der Waals surface area contributed by atoms with Crippen molar-refractivity contribution >= 4 is 11.6 Å². The van der Waals surface area contributed by atoms with Gasteiger partial charge in [0, 0.05) is 16.8 Å². The minimum atomic E-state index is -0.713. The summed E-state index contributed by atoms with van der Waals surface area (Å²) in [6.45, 7) is 7.32. The molecule has 0 bridgehead atoms. The third-order valence-corrected chi connectivity index (χ3v) is 3.90. The number of tetrazole rings is 1. The average Bonchev–Trinajstić information content (AvgIpc) is 2.91. The molecule has 2 rings (SSSR count). The van der Waals surface area contributed by atoms with Crippen LogP contribution in [0.3, 0.4) is 0 Å². The number of hydrogen-bond acceptors (Lipinski definition) is 5. The Morgan fingerprint density at radius 1 is 1.29 bits per heavy atom. The van der Waals surface area contributed by atoms with Gasteiger partial charge in [-0.3, -0.25) is 4.79 Å². The van der Waals surface area contributed by atoms with Crippen LogP contribution in [0.4, 0.5) is 5.69 Å². The Labute approximate surface area is 123 Å². The smallest absolute Gasteiger partial charge is 0.231 e. The highest BCUT2D eigenvalue weighted by Crippen LogP contribution is 2.30. The summed E-state index contributed by atoms with van der Waals surface area (Å²) >= 11 is 0. The topological polar surface area (TPSA) is 110 Å². The molecular formula is C14H20N6O. The number of anilines is 1. The van der Waals surface area contributed by atoms with Crippen molar-refractivity contribution in [3.8, 4) is 11.4 Å². The zero-order valence-corrected chi connectivity index (χ0v) is 12.6. The number of carbonyl (C=O) groups is 1. The molecule has 0 unspecified atom stereocenters. The Morgan fingerprint density at radius 3 is 2.57 bits per heavy atom. The lowest BCUT2D eigenvalue weighted by molar-refractivity contribution is -0.126. The summed E-state index contributed by atoms with van der Waals surface area (Å²) < 4.78 is 0. The third-order valence-electron chi connectivity index (χ3n) is 3.90. The van der Waals surface area contributed by atoms with Crippen molar-refractivity contribution in [1.82, 2.24) is 20.6 Å². The van der Waals surface area contributed by atoms with Gasteiger partial charge >= 0.3 is 0 Å². The number of nitrogens with zero attached hydrogens (tertiary/aromatic N) is 3. The van der Waals surface area contributed by atoms with E-state index in [4.69, 9.17) is 5.73 Å². The molecule has 1 amide bonds. The number of benzene rings is 1. The number of aromatic amines is 1. The van der Waals surface area contributed by atoms with Crippen LogP contribution >= 0.6 is 0 Å². The predicted molar refractivity (Wildman–Crippen MR) is 80.3 cm³/mol. The van der Waals surface area contributed by atoms with Crippen LogP contribution in [0, 0.1) is 5.41 Å². The molecule has 21 heavy (non-hydrogen) atoms. The van der Waals surface area contributed by atoms with Crippen LogP contribution in [-0.2, 0) is 4.79 Å². The molecule has 0 aliphatic carbocycles. The van der Waals surface area contributed by atoms with Crippen LogP contribution in [0.1, 0.15) is 27.7 Å². The van der Waals surface area contributed by atoms with Gasteiger partial charge in [-0.05, 0) is 45.0 Å². The first kappa shape index (κ1) is 15.1. The highest BCUT2D eigenvalue weighted by molar-refractivity contribution is 5.96. The van der Waals surface area contributed by atoms with Crippen molar-refractivity contribution in [2.45, 2.75) is 33.2 Å². The Hall–Kier alpha value is -2.28. The summed E-state index contributed by atoms with van der Waals surface area (Å²) in [4.78, 5) is 12.4. The van der Waals surface area contributed by atoms with Crippen LogP contribution in [0.15, 0.2) is 24.3 Å². The quantitative estimate of drug-likeness (QED) is 0.791. The van der Waals surface area contributed by atoms with Gasteiger partial charge < -0.3 is 11.1 Å². The second-order valence-corrected chi connectivity index (χ2v) is 6.12. The summed E-state index contributed by atoms with van der Waals surface area (Å²) in [6.07, 6.45) is 0. The summed E-state index contributed by atoms with van der Waals surface area (Å²) in [5.41, 5.74) is 6.17. The van der Waals surface area contributed by atoms with Crippen molar-refractivity contribution < 1.29 is 4.79 Å². The number of hydrogen-bond donors (Lipinski definition) is 3. The van der Waals surface area contributed by atoms with E-state index < -0.39 is 11.0 Å². The van der Waals surface area contributed by atoms with Crippen molar-refractivity contribution in [3.05, 3.63) is 24.3 Å². The SMILES string of the molecule is CC(C)(N)C(C)(C)C(=O)Nc1cccc(-c2nn[nH]n2)c1. The van der Waals surface area contributed by atoms with Crippen LogP contribution in [-0.4, -0.2) is 32.1 Å². The Kier molecular flexibility index (Phi) is 3.78. The van der Waals surface area contributed by atoms with Crippen LogP contribution in [0.25, 0.3) is 11.4 Å². The molecule has 0 aliphatic rings. The molecular weight excluding hydrogens is 268 g/mol. The minimum Gasteiger partial charge on any atom is -0.326 e. The Bertz CT molecular complexity index is 627. The Morgan fingerprint density at radius 2 is 2.00 bits per heavy atom. The van der Waals surface area contributed by atoms with Crippen LogP contribution < -0.4 is 11.1 Å². The maximum atomic E-state index is 12.4. The first-order valence-corrected chi connectivity index (χ1v) is 6.66. The number of nitrogens with two attached hydrogens (primary N) is 1. The summed E-state index contributed by atoms with van der Waals surface area (Å²) in [5.74, 6) is 0.338. The molecule has 0 aliphatic heterocycles. The molecule has 7 heteroatoms. The predicted octanol–water partition coefficient (Wildman–Crippen LogP) is 1.57. The molecule has 112 valence electrons. The van der Waals surface area contributed by atoms with Crippen molar-refractivity contribution in [2.24, 2.45) is 11.1 Å². The summed E-state index contributed by atoms with van der Waals surface area (Å²) in [5, 5.41) is 16.6. The second-order valence-electron chi connectivity index (χ2n) is 6.12. The van der Waals surface area contributed by atoms with Gasteiger partial charge in [0.05, 0.1) is 5.41 Å². The Balaban J connectivity index is 2.21. The third kappa shape index (κ3) is 3.08. The van der Waals surface area contributed by atoms with Gasteiger partial charge in [0.15, 0.2) is 0 Å². The minimum absolute atomic E-state index is 0.139. The van der Waals surface area contributed by atoms with Gasteiger partial charge in [0.25, 0.3) is 0 Å². The lowest BCUT2D eigenvalue weighted by Gasteiger charge is -2.36. The normalized spacial score (nSPS) is 12.2. The number of carbonyl (C=O) groups excluding carboxylic acids is 1. The number of rotatable bonds is 4. The molecule has 1 aromatic carbocycles. The molecule has 7 nitrogen and oxygen atoms in total. The first-order valence-electron chi connectivity index (χ1n) is 6.66. The van der Waals surface area contributed by atoms with Gasteiger partial charge in [-0.2, -0.15) is 5.21 Å². The van der Waals surface area contributed by atoms with E-state index in [2.05, 4.69) is 25.9 Å². The lowest BCUT2D eigenvalue weighted by Crippen LogP contribution is -2.53. The lowest BCUT2D eigenvalue weighted by atomic mass is 9.74. The molecule has 1 aromatic heterocycles. The van der Waals surface area contributed by atoms with Gasteiger partial charge in [0.2, 0.25) is 11.7 Å². The van der Waals surface area contributed by atoms with E-state index in [1.54, 1.807) is 12.1 Å². The number of aromatic nitrogens is 4. The van der Waals surface area contributed by atoms with E-state index >= 15 is 0 Å². The second kappa shape index (κ2) is 5.25. The molecule has 0 fully saturated rings. The highest BCUT2D eigenvalue weighted by atomic mass is 16.2. The number of amides is 1. The fourth-order valence-electron chi connectivity index (χ4n) is 1.60. The van der Waals surface area contributed by atoms with E-state index in [1.807, 2.05) is 39.8 Å². The van der Waals surface area contributed by atoms with Gasteiger partial charge in [-0.1, -0.05) is 12.1 Å². The zero-order valence-electron chi connectivity index (χ0n) is 12.6. The van der Waals surface area contributed by atoms with Gasteiger partial charge in [0.1, 0.15) is 0 Å².